The fourth-order valence-corrected chi connectivity index (χ4v) is 4.47. The number of anilines is 1. The van der Waals surface area contributed by atoms with Gasteiger partial charge in [0.1, 0.15) is 11.6 Å². The minimum Gasteiger partial charge on any atom is -0.385 e. The standard InChI is InChI=1S/C27H34FN5O2/c1-21-24(20-32(14-9-19-35-3)27(34)23-12-7-8-13-25(23)28)26(31-17-15-30(2)16-18-31)33(29-21)22-10-5-4-6-11-22/h4-8,10-13H,9,14-20H2,1-3H3. The monoisotopic (exact) mass is 479 g/mol. The molecule has 4 rings (SSSR count). The van der Waals surface area contributed by atoms with Crippen LogP contribution in [-0.2, 0) is 11.3 Å². The maximum atomic E-state index is 14.5. The Morgan fingerprint density at radius 2 is 1.74 bits per heavy atom. The zero-order valence-electron chi connectivity index (χ0n) is 20.8. The second kappa shape index (κ2) is 11.5. The molecule has 35 heavy (non-hydrogen) atoms. The highest BCUT2D eigenvalue weighted by atomic mass is 19.1. The lowest BCUT2D eigenvalue weighted by molar-refractivity contribution is 0.0719. The van der Waals surface area contributed by atoms with Crippen molar-refractivity contribution in [2.24, 2.45) is 0 Å². The van der Waals surface area contributed by atoms with Gasteiger partial charge in [0.25, 0.3) is 5.91 Å². The van der Waals surface area contributed by atoms with Crippen molar-refractivity contribution in [1.82, 2.24) is 19.6 Å². The van der Waals surface area contributed by atoms with Gasteiger partial charge in [-0.15, -0.1) is 0 Å². The summed E-state index contributed by atoms with van der Waals surface area (Å²) in [5.74, 6) is 0.167. The number of carbonyl (C=O) groups is 1. The minimum atomic E-state index is -0.509. The normalized spacial score (nSPS) is 14.3. The van der Waals surface area contributed by atoms with Crippen LogP contribution in [0.1, 0.15) is 28.0 Å². The molecule has 1 aliphatic heterocycles. The van der Waals surface area contributed by atoms with Crippen molar-refractivity contribution in [1.29, 1.82) is 0 Å². The van der Waals surface area contributed by atoms with Gasteiger partial charge in [0.2, 0.25) is 0 Å². The molecule has 0 spiro atoms. The number of aryl methyl sites for hydroxylation is 1. The van der Waals surface area contributed by atoms with Crippen LogP contribution in [0.2, 0.25) is 0 Å². The average molecular weight is 480 g/mol. The van der Waals surface area contributed by atoms with Crippen molar-refractivity contribution >= 4 is 11.7 Å². The predicted octanol–water partition coefficient (Wildman–Crippen LogP) is 3.75. The number of hydrogen-bond donors (Lipinski definition) is 0. The van der Waals surface area contributed by atoms with E-state index < -0.39 is 5.82 Å². The van der Waals surface area contributed by atoms with Gasteiger partial charge in [0.15, 0.2) is 0 Å². The number of para-hydroxylation sites is 1. The van der Waals surface area contributed by atoms with Gasteiger partial charge in [0, 0.05) is 52.0 Å². The molecule has 0 bridgehead atoms. The number of amides is 1. The van der Waals surface area contributed by atoms with Crippen LogP contribution in [0.4, 0.5) is 10.2 Å². The van der Waals surface area contributed by atoms with Crippen LogP contribution < -0.4 is 4.90 Å². The van der Waals surface area contributed by atoms with E-state index in [1.807, 2.05) is 41.9 Å². The van der Waals surface area contributed by atoms with Crippen LogP contribution >= 0.6 is 0 Å². The molecular weight excluding hydrogens is 445 g/mol. The van der Waals surface area contributed by atoms with Crippen molar-refractivity contribution in [3.63, 3.8) is 0 Å². The van der Waals surface area contributed by atoms with Gasteiger partial charge in [0.05, 0.1) is 23.5 Å². The molecule has 0 radical (unpaired) electrons. The first kappa shape index (κ1) is 24.9. The number of halogens is 1. The third-order valence-corrected chi connectivity index (χ3v) is 6.48. The third-order valence-electron chi connectivity index (χ3n) is 6.48. The third kappa shape index (κ3) is 5.71. The number of rotatable bonds is 9. The van der Waals surface area contributed by atoms with Crippen LogP contribution in [0, 0.1) is 12.7 Å². The van der Waals surface area contributed by atoms with E-state index in [2.05, 4.69) is 16.8 Å². The fourth-order valence-electron chi connectivity index (χ4n) is 4.47. The molecule has 2 heterocycles. The first-order valence-corrected chi connectivity index (χ1v) is 12.1. The number of carbonyl (C=O) groups excluding carboxylic acids is 1. The second-order valence-corrected chi connectivity index (χ2v) is 8.98. The van der Waals surface area contributed by atoms with Gasteiger partial charge in [-0.25, -0.2) is 9.07 Å². The van der Waals surface area contributed by atoms with E-state index >= 15 is 0 Å². The van der Waals surface area contributed by atoms with Crippen LogP contribution in [-0.4, -0.2) is 79.0 Å². The molecule has 1 aliphatic rings. The Morgan fingerprint density at radius 1 is 1.06 bits per heavy atom. The van der Waals surface area contributed by atoms with Crippen LogP contribution in [0.5, 0.6) is 0 Å². The van der Waals surface area contributed by atoms with E-state index in [0.29, 0.717) is 26.1 Å². The maximum absolute atomic E-state index is 14.5. The number of aromatic nitrogens is 2. The second-order valence-electron chi connectivity index (χ2n) is 8.98. The van der Waals surface area contributed by atoms with Crippen molar-refractivity contribution in [3.05, 3.63) is 77.2 Å². The van der Waals surface area contributed by atoms with Crippen molar-refractivity contribution in [2.45, 2.75) is 19.9 Å². The topological polar surface area (TPSA) is 53.8 Å². The average Bonchev–Trinajstić information content (AvgIpc) is 3.20. The molecule has 186 valence electrons. The molecule has 0 unspecified atom stereocenters. The summed E-state index contributed by atoms with van der Waals surface area (Å²) in [5.41, 5.74) is 2.91. The van der Waals surface area contributed by atoms with Gasteiger partial charge in [-0.2, -0.15) is 5.10 Å². The number of ether oxygens (including phenoxy) is 1. The zero-order chi connectivity index (χ0) is 24.8. The first-order chi connectivity index (χ1) is 17.0. The predicted molar refractivity (Wildman–Crippen MR) is 136 cm³/mol. The Hall–Kier alpha value is -3.23. The van der Waals surface area contributed by atoms with E-state index in [-0.39, 0.29) is 11.5 Å². The number of piperazine rings is 1. The molecular formula is C27H34FN5O2. The number of hydrogen-bond acceptors (Lipinski definition) is 5. The highest BCUT2D eigenvalue weighted by molar-refractivity contribution is 5.94. The lowest BCUT2D eigenvalue weighted by Crippen LogP contribution is -2.45. The van der Waals surface area contributed by atoms with E-state index in [1.165, 1.54) is 6.07 Å². The van der Waals surface area contributed by atoms with Gasteiger partial charge in [-0.05, 0) is 44.7 Å². The molecule has 1 aromatic heterocycles. The molecule has 0 N–H and O–H groups in total. The molecule has 2 aromatic carbocycles. The molecule has 0 saturated carbocycles. The van der Waals surface area contributed by atoms with Crippen LogP contribution in [0.15, 0.2) is 54.6 Å². The lowest BCUT2D eigenvalue weighted by atomic mass is 10.1. The Kier molecular flexibility index (Phi) is 8.15. The van der Waals surface area contributed by atoms with Crippen LogP contribution in [0.3, 0.4) is 0 Å². The van der Waals surface area contributed by atoms with E-state index in [4.69, 9.17) is 9.84 Å². The zero-order valence-corrected chi connectivity index (χ0v) is 20.8. The Balaban J connectivity index is 1.73. The van der Waals surface area contributed by atoms with Gasteiger partial charge >= 0.3 is 0 Å². The van der Waals surface area contributed by atoms with Crippen LogP contribution in [0.25, 0.3) is 5.69 Å². The summed E-state index contributed by atoms with van der Waals surface area (Å²) >= 11 is 0. The number of methoxy groups -OCH3 is 1. The largest absolute Gasteiger partial charge is 0.385 e. The van der Waals surface area contributed by atoms with Crippen molar-refractivity contribution < 1.29 is 13.9 Å². The number of nitrogens with zero attached hydrogens (tertiary/aromatic N) is 5. The summed E-state index contributed by atoms with van der Waals surface area (Å²) in [4.78, 5) is 19.9. The Morgan fingerprint density at radius 3 is 2.43 bits per heavy atom. The number of benzene rings is 2. The summed E-state index contributed by atoms with van der Waals surface area (Å²) in [6, 6.07) is 16.2. The van der Waals surface area contributed by atoms with Crippen molar-refractivity contribution in [2.75, 3.05) is 58.4 Å². The summed E-state index contributed by atoms with van der Waals surface area (Å²) in [7, 11) is 3.77. The maximum Gasteiger partial charge on any atom is 0.257 e. The summed E-state index contributed by atoms with van der Waals surface area (Å²) in [6.07, 6.45) is 0.659. The molecule has 0 aliphatic carbocycles. The quantitative estimate of drug-likeness (QED) is 0.438. The summed E-state index contributed by atoms with van der Waals surface area (Å²) < 4.78 is 21.7. The molecule has 3 aromatic rings. The van der Waals surface area contributed by atoms with Crippen molar-refractivity contribution in [3.8, 4) is 5.69 Å². The Labute approximate surface area is 206 Å². The summed E-state index contributed by atoms with van der Waals surface area (Å²) in [5, 5.41) is 4.90. The summed E-state index contributed by atoms with van der Waals surface area (Å²) in [6.45, 7) is 6.94. The molecule has 1 amide bonds. The lowest BCUT2D eigenvalue weighted by Gasteiger charge is -2.35. The molecule has 7 nitrogen and oxygen atoms in total. The minimum absolute atomic E-state index is 0.0826. The van der Waals surface area contributed by atoms with E-state index in [9.17, 15) is 9.18 Å². The molecule has 0 atom stereocenters. The van der Waals surface area contributed by atoms with Gasteiger partial charge < -0.3 is 19.4 Å². The molecule has 1 fully saturated rings. The molecule has 1 saturated heterocycles. The smallest absolute Gasteiger partial charge is 0.257 e. The first-order valence-electron chi connectivity index (χ1n) is 12.1. The highest BCUT2D eigenvalue weighted by Crippen LogP contribution is 2.30. The molecule has 8 heteroatoms. The Bertz CT molecular complexity index is 1130. The van der Waals surface area contributed by atoms with Gasteiger partial charge in [-0.1, -0.05) is 30.3 Å². The van der Waals surface area contributed by atoms with Gasteiger partial charge in [-0.3, -0.25) is 4.79 Å². The number of likely N-dealkylation sites (N-methyl/N-ethyl adjacent to an activating group) is 1. The SMILES string of the molecule is COCCCN(Cc1c(C)nn(-c2ccccc2)c1N1CCN(C)CC1)C(=O)c1ccccc1F. The fraction of sp³-hybridized carbons (Fsp3) is 0.407. The highest BCUT2D eigenvalue weighted by Gasteiger charge is 2.28. The van der Waals surface area contributed by atoms with E-state index in [1.54, 1.807) is 30.2 Å². The van der Waals surface area contributed by atoms with E-state index in [0.717, 1.165) is 48.9 Å².